The summed E-state index contributed by atoms with van der Waals surface area (Å²) in [7, 11) is 0. The first-order valence-electron chi connectivity index (χ1n) is 10.9. The van der Waals surface area contributed by atoms with Crippen LogP contribution in [-0.2, 0) is 19.2 Å². The average Bonchev–Trinajstić information content (AvgIpc) is 3.02. The zero-order valence-electron chi connectivity index (χ0n) is 18.0. The molecule has 0 radical (unpaired) electrons. The van der Waals surface area contributed by atoms with Crippen LogP contribution in [0.15, 0.2) is 24.3 Å². The second kappa shape index (κ2) is 9.41. The molecule has 1 aromatic carbocycles. The largest absolute Gasteiger partial charge is 0.327 e. The molecule has 2 unspecified atom stereocenters. The van der Waals surface area contributed by atoms with Crippen LogP contribution < -0.4 is 10.2 Å². The van der Waals surface area contributed by atoms with Crippen LogP contribution in [0.4, 0.5) is 11.4 Å². The molecule has 1 heterocycles. The van der Waals surface area contributed by atoms with E-state index in [2.05, 4.69) is 5.32 Å². The van der Waals surface area contributed by atoms with Crippen LogP contribution in [0.3, 0.4) is 0 Å². The van der Waals surface area contributed by atoms with Gasteiger partial charge in [0.2, 0.25) is 17.7 Å². The van der Waals surface area contributed by atoms with Gasteiger partial charge in [-0.3, -0.25) is 19.2 Å². The van der Waals surface area contributed by atoms with Crippen molar-refractivity contribution in [2.75, 3.05) is 10.2 Å². The highest BCUT2D eigenvalue weighted by atomic mass is 16.2. The second-order valence-corrected chi connectivity index (χ2v) is 8.35. The Kier molecular flexibility index (Phi) is 6.90. The van der Waals surface area contributed by atoms with Crippen molar-refractivity contribution in [2.45, 2.75) is 77.8 Å². The Hall–Kier alpha value is -2.70. The third kappa shape index (κ3) is 4.55. The minimum Gasteiger partial charge on any atom is -0.327 e. The molecule has 1 saturated heterocycles. The number of carbonyl (C=O) groups is 4. The monoisotopic (exact) mass is 413 g/mol. The van der Waals surface area contributed by atoms with E-state index in [1.54, 1.807) is 29.2 Å². The number of imide groups is 1. The first-order chi connectivity index (χ1) is 14.3. The summed E-state index contributed by atoms with van der Waals surface area (Å²) < 4.78 is 0. The molecule has 1 N–H and O–H groups in total. The molecule has 1 aliphatic heterocycles. The smallest absolute Gasteiger partial charge is 0.257 e. The van der Waals surface area contributed by atoms with Crippen molar-refractivity contribution < 1.29 is 19.2 Å². The van der Waals surface area contributed by atoms with E-state index in [9.17, 15) is 19.2 Å². The molecule has 4 amide bonds. The van der Waals surface area contributed by atoms with Crippen molar-refractivity contribution in [1.82, 2.24) is 4.90 Å². The Morgan fingerprint density at radius 3 is 2.33 bits per heavy atom. The summed E-state index contributed by atoms with van der Waals surface area (Å²) in [5.74, 6) is -0.889. The normalized spacial score (nSPS) is 20.9. The van der Waals surface area contributed by atoms with E-state index >= 15 is 0 Å². The molecule has 0 spiro atoms. The van der Waals surface area contributed by atoms with E-state index in [1.807, 2.05) is 13.8 Å². The fourth-order valence-electron chi connectivity index (χ4n) is 4.44. The first kappa shape index (κ1) is 22.0. The van der Waals surface area contributed by atoms with Gasteiger partial charge in [-0.25, -0.2) is 4.90 Å². The third-order valence-electron chi connectivity index (χ3n) is 6.18. The molecular weight excluding hydrogens is 382 g/mol. The van der Waals surface area contributed by atoms with Crippen molar-refractivity contribution in [1.29, 1.82) is 0 Å². The minimum absolute atomic E-state index is 0.00901. The van der Waals surface area contributed by atoms with Crippen LogP contribution in [-0.4, -0.2) is 40.6 Å². The highest BCUT2D eigenvalue weighted by Gasteiger charge is 2.46. The first-order valence-corrected chi connectivity index (χ1v) is 10.9. The van der Waals surface area contributed by atoms with Gasteiger partial charge in [-0.15, -0.1) is 0 Å². The Balaban J connectivity index is 1.82. The summed E-state index contributed by atoms with van der Waals surface area (Å²) in [6.07, 6.45) is 5.67. The van der Waals surface area contributed by atoms with E-state index in [0.29, 0.717) is 11.4 Å². The van der Waals surface area contributed by atoms with Gasteiger partial charge in [-0.1, -0.05) is 26.2 Å². The zero-order chi connectivity index (χ0) is 21.8. The standard InChI is InChI=1S/C23H31N3O4/c1-4-15(2)25(22(29)17-8-6-5-7-9-17)20-14-21(28)26(23(20)30)19-12-10-18(11-13-19)24-16(3)27/h10-13,15,17,20H,4-9,14H2,1-3H3,(H,24,27). The lowest BCUT2D eigenvalue weighted by molar-refractivity contribution is -0.145. The molecule has 2 atom stereocenters. The number of rotatable bonds is 6. The lowest BCUT2D eigenvalue weighted by atomic mass is 9.87. The van der Waals surface area contributed by atoms with Crippen LogP contribution in [0.25, 0.3) is 0 Å². The Bertz CT molecular complexity index is 814. The maximum absolute atomic E-state index is 13.3. The van der Waals surface area contributed by atoms with Gasteiger partial charge in [-0.05, 0) is 50.5 Å². The molecule has 1 aliphatic carbocycles. The van der Waals surface area contributed by atoms with E-state index in [4.69, 9.17) is 0 Å². The lowest BCUT2D eigenvalue weighted by Gasteiger charge is -2.36. The van der Waals surface area contributed by atoms with Gasteiger partial charge in [0.15, 0.2) is 0 Å². The number of amides is 4. The van der Waals surface area contributed by atoms with Gasteiger partial charge >= 0.3 is 0 Å². The molecule has 30 heavy (non-hydrogen) atoms. The van der Waals surface area contributed by atoms with Crippen LogP contribution in [0.5, 0.6) is 0 Å². The molecule has 162 valence electrons. The van der Waals surface area contributed by atoms with Gasteiger partial charge in [0.1, 0.15) is 6.04 Å². The van der Waals surface area contributed by atoms with Crippen molar-refractivity contribution in [3.05, 3.63) is 24.3 Å². The van der Waals surface area contributed by atoms with E-state index < -0.39 is 6.04 Å². The summed E-state index contributed by atoms with van der Waals surface area (Å²) >= 11 is 0. The predicted molar refractivity (Wildman–Crippen MR) is 115 cm³/mol. The highest BCUT2D eigenvalue weighted by molar-refractivity contribution is 6.23. The Morgan fingerprint density at radius 1 is 1.13 bits per heavy atom. The van der Waals surface area contributed by atoms with Crippen molar-refractivity contribution in [2.24, 2.45) is 5.92 Å². The topological polar surface area (TPSA) is 86.8 Å². The van der Waals surface area contributed by atoms with Crippen molar-refractivity contribution >= 4 is 35.0 Å². The van der Waals surface area contributed by atoms with Crippen LogP contribution in [0.1, 0.15) is 65.7 Å². The van der Waals surface area contributed by atoms with Gasteiger partial charge in [0.05, 0.1) is 12.1 Å². The summed E-state index contributed by atoms with van der Waals surface area (Å²) in [6.45, 7) is 5.35. The number of anilines is 2. The number of hydrogen-bond donors (Lipinski definition) is 1. The summed E-state index contributed by atoms with van der Waals surface area (Å²) in [5.41, 5.74) is 1.05. The van der Waals surface area contributed by atoms with Gasteiger partial charge < -0.3 is 10.2 Å². The van der Waals surface area contributed by atoms with Crippen LogP contribution in [0, 0.1) is 5.92 Å². The van der Waals surface area contributed by atoms with Gasteiger partial charge in [0.25, 0.3) is 5.91 Å². The zero-order valence-corrected chi connectivity index (χ0v) is 18.0. The van der Waals surface area contributed by atoms with E-state index in [0.717, 1.165) is 38.5 Å². The fourth-order valence-corrected chi connectivity index (χ4v) is 4.44. The summed E-state index contributed by atoms with van der Waals surface area (Å²) in [6, 6.07) is 5.73. The number of hydrogen-bond acceptors (Lipinski definition) is 4. The molecule has 3 rings (SSSR count). The number of carbonyl (C=O) groups excluding carboxylic acids is 4. The Labute approximate surface area is 177 Å². The molecule has 1 saturated carbocycles. The maximum atomic E-state index is 13.3. The molecule has 2 fully saturated rings. The maximum Gasteiger partial charge on any atom is 0.257 e. The summed E-state index contributed by atoms with van der Waals surface area (Å²) in [4.78, 5) is 53.4. The molecule has 0 aromatic heterocycles. The molecule has 2 aliphatic rings. The molecular formula is C23H31N3O4. The molecule has 1 aromatic rings. The molecule has 7 nitrogen and oxygen atoms in total. The average molecular weight is 414 g/mol. The van der Waals surface area contributed by atoms with Crippen molar-refractivity contribution in [3.8, 4) is 0 Å². The SMILES string of the molecule is CCC(C)N(C(=O)C1CCCCC1)C1CC(=O)N(c2ccc(NC(C)=O)cc2)C1=O. The second-order valence-electron chi connectivity index (χ2n) is 8.35. The quantitative estimate of drug-likeness (QED) is 0.724. The van der Waals surface area contributed by atoms with Crippen LogP contribution >= 0.6 is 0 Å². The van der Waals surface area contributed by atoms with Gasteiger partial charge in [0, 0.05) is 24.6 Å². The highest BCUT2D eigenvalue weighted by Crippen LogP contribution is 2.32. The van der Waals surface area contributed by atoms with Gasteiger partial charge in [-0.2, -0.15) is 0 Å². The van der Waals surface area contributed by atoms with E-state index in [-0.39, 0.29) is 42.0 Å². The number of nitrogens with zero attached hydrogens (tertiary/aromatic N) is 2. The van der Waals surface area contributed by atoms with Crippen LogP contribution in [0.2, 0.25) is 0 Å². The number of benzene rings is 1. The predicted octanol–water partition coefficient (Wildman–Crippen LogP) is 3.48. The van der Waals surface area contributed by atoms with Crippen molar-refractivity contribution in [3.63, 3.8) is 0 Å². The molecule has 7 heteroatoms. The fraction of sp³-hybridized carbons (Fsp3) is 0.565. The summed E-state index contributed by atoms with van der Waals surface area (Å²) in [5, 5.41) is 2.67. The minimum atomic E-state index is -0.753. The Morgan fingerprint density at radius 2 is 1.77 bits per heavy atom. The molecule has 0 bridgehead atoms. The van der Waals surface area contributed by atoms with E-state index in [1.165, 1.54) is 11.8 Å². The lowest BCUT2D eigenvalue weighted by Crippen LogP contribution is -2.52. The third-order valence-corrected chi connectivity index (χ3v) is 6.18. The number of nitrogens with one attached hydrogen (secondary N) is 1.